The molecular formula is C33H32N4O5S3. The second kappa shape index (κ2) is 13.2. The van der Waals surface area contributed by atoms with Crippen LogP contribution in [-0.4, -0.2) is 71.5 Å². The van der Waals surface area contributed by atoms with Gasteiger partial charge in [0.15, 0.2) is 11.5 Å². The molecule has 0 N–H and O–H groups in total. The highest BCUT2D eigenvalue weighted by atomic mass is 32.2. The number of ether oxygens (including phenoxy) is 2. The lowest BCUT2D eigenvalue weighted by molar-refractivity contribution is -0.122. The normalized spacial score (nSPS) is 16.6. The highest BCUT2D eigenvalue weighted by Gasteiger charge is 2.32. The molecule has 0 atom stereocenters. The van der Waals surface area contributed by atoms with Crippen LogP contribution in [0, 0.1) is 0 Å². The monoisotopic (exact) mass is 660 g/mol. The lowest BCUT2D eigenvalue weighted by Gasteiger charge is -2.16. The Morgan fingerprint density at radius 1 is 0.956 bits per heavy atom. The molecule has 0 saturated carbocycles. The molecule has 0 bridgehead atoms. The number of para-hydroxylation sites is 1. The molecule has 12 heteroatoms. The van der Waals surface area contributed by atoms with Gasteiger partial charge >= 0.3 is 0 Å². The van der Waals surface area contributed by atoms with E-state index in [1.54, 1.807) is 48.1 Å². The van der Waals surface area contributed by atoms with E-state index in [9.17, 15) is 13.2 Å². The Kier molecular flexibility index (Phi) is 9.09. The number of thiocarbonyl (C=S) groups is 1. The zero-order valence-corrected chi connectivity index (χ0v) is 27.3. The summed E-state index contributed by atoms with van der Waals surface area (Å²) in [5.74, 6) is 1.08. The number of hydrogen-bond donors (Lipinski definition) is 0. The smallest absolute Gasteiger partial charge is 0.266 e. The standard InChI is InChI=1S/C33H32N4O5S3/c1-41-28-14-13-23(19-29(28)42-2)15-18-36-32(38)30(44-33(36)43)21-25-22-37(26-10-4-3-5-11-26)34-31(25)24-9-8-12-27(20-24)45(39,40)35-16-6-7-17-35/h3-5,8-14,19-22H,6-7,15-18H2,1-2H3/b30-21-. The summed E-state index contributed by atoms with van der Waals surface area (Å²) in [6, 6.07) is 22.2. The Morgan fingerprint density at radius 3 is 2.44 bits per heavy atom. The van der Waals surface area contributed by atoms with Gasteiger partial charge in [-0.25, -0.2) is 13.1 Å². The summed E-state index contributed by atoms with van der Waals surface area (Å²) < 4.78 is 41.2. The predicted octanol–water partition coefficient (Wildman–Crippen LogP) is 5.78. The summed E-state index contributed by atoms with van der Waals surface area (Å²) >= 11 is 6.87. The van der Waals surface area contributed by atoms with Crippen LogP contribution >= 0.6 is 24.0 Å². The molecule has 0 unspecified atom stereocenters. The van der Waals surface area contributed by atoms with Gasteiger partial charge < -0.3 is 9.47 Å². The molecule has 1 amide bonds. The summed E-state index contributed by atoms with van der Waals surface area (Å²) in [6.07, 6.45) is 5.94. The number of rotatable bonds is 10. The van der Waals surface area contributed by atoms with E-state index in [-0.39, 0.29) is 10.8 Å². The van der Waals surface area contributed by atoms with E-state index in [0.717, 1.165) is 24.1 Å². The van der Waals surface area contributed by atoms with E-state index in [0.29, 0.717) is 63.6 Å². The number of sulfonamides is 1. The zero-order chi connectivity index (χ0) is 31.6. The number of carbonyl (C=O) groups is 1. The van der Waals surface area contributed by atoms with Crippen molar-refractivity contribution < 1.29 is 22.7 Å². The Bertz CT molecular complexity index is 1880. The van der Waals surface area contributed by atoms with Gasteiger partial charge in [-0.3, -0.25) is 9.69 Å². The van der Waals surface area contributed by atoms with Crippen LogP contribution in [0.3, 0.4) is 0 Å². The third-order valence-electron chi connectivity index (χ3n) is 7.81. The minimum atomic E-state index is -3.62. The fourth-order valence-electron chi connectivity index (χ4n) is 5.42. The van der Waals surface area contributed by atoms with Crippen LogP contribution in [0.4, 0.5) is 0 Å². The number of methoxy groups -OCH3 is 2. The van der Waals surface area contributed by atoms with Crippen LogP contribution in [0.5, 0.6) is 11.5 Å². The number of carbonyl (C=O) groups excluding carboxylic acids is 1. The average molecular weight is 661 g/mol. The molecule has 0 aliphatic carbocycles. The average Bonchev–Trinajstić information content (AvgIpc) is 3.81. The molecule has 232 valence electrons. The van der Waals surface area contributed by atoms with E-state index < -0.39 is 10.0 Å². The van der Waals surface area contributed by atoms with Crippen molar-refractivity contribution in [1.29, 1.82) is 0 Å². The lowest BCUT2D eigenvalue weighted by atomic mass is 10.1. The number of nitrogens with zero attached hydrogens (tertiary/aromatic N) is 4. The predicted molar refractivity (Wildman–Crippen MR) is 180 cm³/mol. The number of aromatic nitrogens is 2. The third-order valence-corrected chi connectivity index (χ3v) is 11.1. The number of amides is 1. The van der Waals surface area contributed by atoms with Crippen molar-refractivity contribution in [2.24, 2.45) is 0 Å². The molecule has 3 heterocycles. The van der Waals surface area contributed by atoms with Gasteiger partial charge in [0.2, 0.25) is 10.0 Å². The van der Waals surface area contributed by atoms with Crippen LogP contribution in [0.15, 0.2) is 88.8 Å². The molecule has 1 aromatic heterocycles. The van der Waals surface area contributed by atoms with E-state index in [1.165, 1.54) is 16.1 Å². The van der Waals surface area contributed by atoms with Crippen LogP contribution in [0.1, 0.15) is 24.0 Å². The molecule has 3 aromatic carbocycles. The summed E-state index contributed by atoms with van der Waals surface area (Å²) in [5.41, 5.74) is 3.70. The maximum atomic E-state index is 13.6. The molecule has 6 rings (SSSR count). The molecule has 0 radical (unpaired) electrons. The van der Waals surface area contributed by atoms with Gasteiger partial charge in [-0.15, -0.1) is 0 Å². The van der Waals surface area contributed by atoms with E-state index >= 15 is 0 Å². The van der Waals surface area contributed by atoms with Gasteiger partial charge in [0.1, 0.15) is 10.0 Å². The van der Waals surface area contributed by atoms with E-state index in [2.05, 4.69) is 0 Å². The highest BCUT2D eigenvalue weighted by Crippen LogP contribution is 2.36. The van der Waals surface area contributed by atoms with E-state index in [4.69, 9.17) is 26.8 Å². The Hall–Kier alpha value is -3.97. The van der Waals surface area contributed by atoms with Crippen molar-refractivity contribution in [1.82, 2.24) is 19.0 Å². The number of thioether (sulfide) groups is 1. The van der Waals surface area contributed by atoms with Crippen molar-refractivity contribution in [3.63, 3.8) is 0 Å². The van der Waals surface area contributed by atoms with Gasteiger partial charge in [0.05, 0.1) is 29.7 Å². The fraction of sp³-hybridized carbons (Fsp3) is 0.242. The van der Waals surface area contributed by atoms with Crippen LogP contribution in [-0.2, 0) is 21.2 Å². The summed E-state index contributed by atoms with van der Waals surface area (Å²) in [7, 11) is -0.446. The first kappa shape index (κ1) is 31.0. The molecule has 9 nitrogen and oxygen atoms in total. The Morgan fingerprint density at radius 2 is 1.71 bits per heavy atom. The van der Waals surface area contributed by atoms with Gasteiger partial charge in [0.25, 0.3) is 5.91 Å². The second-order valence-electron chi connectivity index (χ2n) is 10.6. The minimum Gasteiger partial charge on any atom is -0.493 e. The van der Waals surface area contributed by atoms with Crippen molar-refractivity contribution in [2.45, 2.75) is 24.2 Å². The van der Waals surface area contributed by atoms with Crippen LogP contribution in [0.25, 0.3) is 23.0 Å². The van der Waals surface area contributed by atoms with Crippen LogP contribution < -0.4 is 9.47 Å². The molecule has 2 aliphatic heterocycles. The Balaban J connectivity index is 1.31. The summed E-state index contributed by atoms with van der Waals surface area (Å²) in [6.45, 7) is 1.45. The van der Waals surface area contributed by atoms with Gasteiger partial charge in [0, 0.05) is 37.0 Å². The van der Waals surface area contributed by atoms with Crippen molar-refractivity contribution in [2.75, 3.05) is 33.9 Å². The summed E-state index contributed by atoms with van der Waals surface area (Å²) in [4.78, 5) is 15.9. The van der Waals surface area contributed by atoms with Crippen molar-refractivity contribution in [3.8, 4) is 28.4 Å². The number of hydrogen-bond acceptors (Lipinski definition) is 8. The highest BCUT2D eigenvalue weighted by molar-refractivity contribution is 8.26. The van der Waals surface area contributed by atoms with Crippen LogP contribution in [0.2, 0.25) is 0 Å². The molecule has 45 heavy (non-hydrogen) atoms. The number of benzene rings is 3. The molecule has 0 spiro atoms. The lowest BCUT2D eigenvalue weighted by Crippen LogP contribution is -2.30. The zero-order valence-electron chi connectivity index (χ0n) is 24.9. The Labute approximate surface area is 272 Å². The van der Waals surface area contributed by atoms with Gasteiger partial charge in [-0.05, 0) is 67.3 Å². The first-order valence-electron chi connectivity index (χ1n) is 14.5. The molecule has 2 fully saturated rings. The topological polar surface area (TPSA) is 94.0 Å². The fourth-order valence-corrected chi connectivity index (χ4v) is 8.29. The van der Waals surface area contributed by atoms with E-state index in [1.807, 2.05) is 60.8 Å². The van der Waals surface area contributed by atoms with Gasteiger partial charge in [-0.1, -0.05) is 60.4 Å². The third kappa shape index (κ3) is 6.41. The maximum Gasteiger partial charge on any atom is 0.266 e. The quantitative estimate of drug-likeness (QED) is 0.156. The largest absolute Gasteiger partial charge is 0.493 e. The molecule has 2 saturated heterocycles. The first-order valence-corrected chi connectivity index (χ1v) is 17.2. The molecule has 4 aromatic rings. The summed E-state index contributed by atoms with van der Waals surface area (Å²) in [5, 5.41) is 4.86. The SMILES string of the molecule is COc1ccc(CCN2C(=O)/C(=C/c3cn(-c4ccccc4)nc3-c3cccc(S(=O)(=O)N4CCCC4)c3)SC2=S)cc1OC. The molecular weight excluding hydrogens is 629 g/mol. The second-order valence-corrected chi connectivity index (χ2v) is 14.2. The first-order chi connectivity index (χ1) is 21.8. The van der Waals surface area contributed by atoms with Crippen molar-refractivity contribution >= 4 is 50.3 Å². The minimum absolute atomic E-state index is 0.186. The molecule has 2 aliphatic rings. The van der Waals surface area contributed by atoms with Gasteiger partial charge in [-0.2, -0.15) is 9.40 Å². The van der Waals surface area contributed by atoms with Crippen molar-refractivity contribution in [3.05, 3.63) is 95.0 Å². The maximum absolute atomic E-state index is 13.6.